The number of halogens is 1. The van der Waals surface area contributed by atoms with Gasteiger partial charge in [-0.3, -0.25) is 9.59 Å². The predicted molar refractivity (Wildman–Crippen MR) is 55.4 cm³/mol. The Morgan fingerprint density at radius 1 is 1.71 bits per heavy atom. The van der Waals surface area contributed by atoms with Crippen LogP contribution in [-0.2, 0) is 9.59 Å². The molecule has 0 aromatic heterocycles. The third-order valence-corrected chi connectivity index (χ3v) is 3.01. The van der Waals surface area contributed by atoms with Crippen molar-refractivity contribution in [3.05, 3.63) is 0 Å². The van der Waals surface area contributed by atoms with Crippen LogP contribution in [0.2, 0.25) is 0 Å². The molecular weight excluding hydrogens is 250 g/mol. The van der Waals surface area contributed by atoms with Crippen molar-refractivity contribution in [3.8, 4) is 0 Å². The molecule has 0 aromatic rings. The van der Waals surface area contributed by atoms with Crippen LogP contribution in [-0.4, -0.2) is 38.8 Å². The third-order valence-electron chi connectivity index (χ3n) is 2.39. The number of carboxylic acid groups (broad SMARTS) is 1. The van der Waals surface area contributed by atoms with Crippen molar-refractivity contribution in [1.29, 1.82) is 0 Å². The summed E-state index contributed by atoms with van der Waals surface area (Å²) in [6.07, 6.45) is 0.446. The Morgan fingerprint density at radius 2 is 2.29 bits per heavy atom. The zero-order valence-corrected chi connectivity index (χ0v) is 9.87. The first kappa shape index (κ1) is 11.5. The van der Waals surface area contributed by atoms with Crippen molar-refractivity contribution in [3.63, 3.8) is 0 Å². The lowest BCUT2D eigenvalue weighted by molar-refractivity contribution is -0.142. The number of carboxylic acids is 1. The van der Waals surface area contributed by atoms with Crippen LogP contribution in [0.25, 0.3) is 0 Å². The highest BCUT2D eigenvalue weighted by molar-refractivity contribution is 9.09. The SMILES string of the molecule is CC(C)(CC(=O)O)N1CC(Br)CC1=O. The zero-order valence-electron chi connectivity index (χ0n) is 8.29. The van der Waals surface area contributed by atoms with Crippen LogP contribution < -0.4 is 0 Å². The first-order chi connectivity index (χ1) is 6.33. The van der Waals surface area contributed by atoms with E-state index in [9.17, 15) is 9.59 Å². The van der Waals surface area contributed by atoms with Gasteiger partial charge in [-0.25, -0.2) is 0 Å². The number of carbonyl (C=O) groups is 2. The summed E-state index contributed by atoms with van der Waals surface area (Å²) in [4.78, 5) is 23.9. The van der Waals surface area contributed by atoms with E-state index in [1.54, 1.807) is 18.7 Å². The van der Waals surface area contributed by atoms with Crippen molar-refractivity contribution in [2.24, 2.45) is 0 Å². The lowest BCUT2D eigenvalue weighted by Gasteiger charge is -2.34. The molecule has 1 fully saturated rings. The molecule has 0 saturated carbocycles. The van der Waals surface area contributed by atoms with E-state index in [-0.39, 0.29) is 17.2 Å². The number of nitrogens with zero attached hydrogens (tertiary/aromatic N) is 1. The molecule has 1 aliphatic heterocycles. The molecule has 1 atom stereocenters. The number of aliphatic carboxylic acids is 1. The predicted octanol–water partition coefficient (Wildman–Crippen LogP) is 1.24. The molecule has 0 aliphatic carbocycles. The summed E-state index contributed by atoms with van der Waals surface area (Å²) in [5, 5.41) is 8.71. The Morgan fingerprint density at radius 3 is 2.64 bits per heavy atom. The smallest absolute Gasteiger partial charge is 0.305 e. The van der Waals surface area contributed by atoms with E-state index in [0.717, 1.165) is 0 Å². The second-order valence-corrected chi connectivity index (χ2v) is 5.48. The molecule has 4 nitrogen and oxygen atoms in total. The molecule has 80 valence electrons. The Hall–Kier alpha value is -0.580. The molecule has 1 saturated heterocycles. The lowest BCUT2D eigenvalue weighted by atomic mass is 9.99. The molecule has 1 amide bonds. The fourth-order valence-corrected chi connectivity index (χ4v) is 2.28. The highest BCUT2D eigenvalue weighted by Gasteiger charge is 2.38. The van der Waals surface area contributed by atoms with Gasteiger partial charge < -0.3 is 10.0 Å². The minimum Gasteiger partial charge on any atom is -0.481 e. The average molecular weight is 264 g/mol. The van der Waals surface area contributed by atoms with Crippen LogP contribution in [0.3, 0.4) is 0 Å². The molecule has 14 heavy (non-hydrogen) atoms. The number of rotatable bonds is 3. The summed E-state index contributed by atoms with van der Waals surface area (Å²) in [5.74, 6) is -0.848. The minimum absolute atomic E-state index is 0.0154. The fourth-order valence-electron chi connectivity index (χ4n) is 1.71. The summed E-state index contributed by atoms with van der Waals surface area (Å²) < 4.78 is 0. The van der Waals surface area contributed by atoms with Gasteiger partial charge in [-0.2, -0.15) is 0 Å². The molecule has 1 unspecified atom stereocenters. The van der Waals surface area contributed by atoms with Gasteiger partial charge in [-0.05, 0) is 13.8 Å². The number of likely N-dealkylation sites (tertiary alicyclic amines) is 1. The van der Waals surface area contributed by atoms with E-state index < -0.39 is 11.5 Å². The van der Waals surface area contributed by atoms with Crippen LogP contribution in [0.5, 0.6) is 0 Å². The van der Waals surface area contributed by atoms with Gasteiger partial charge in [0.2, 0.25) is 5.91 Å². The van der Waals surface area contributed by atoms with Gasteiger partial charge in [0.15, 0.2) is 0 Å². The largest absolute Gasteiger partial charge is 0.481 e. The molecule has 0 bridgehead atoms. The van der Waals surface area contributed by atoms with Gasteiger partial charge in [0.25, 0.3) is 0 Å². The first-order valence-electron chi connectivity index (χ1n) is 4.49. The van der Waals surface area contributed by atoms with Crippen molar-refractivity contribution in [2.45, 2.75) is 37.1 Å². The monoisotopic (exact) mass is 263 g/mol. The Balaban J connectivity index is 2.72. The van der Waals surface area contributed by atoms with Gasteiger partial charge in [0, 0.05) is 23.3 Å². The standard InChI is InChI=1S/C9H14BrNO3/c1-9(2,4-8(13)14)11-5-6(10)3-7(11)12/h6H,3-5H2,1-2H3,(H,13,14). The van der Waals surface area contributed by atoms with Gasteiger partial charge >= 0.3 is 5.97 Å². The maximum atomic E-state index is 11.5. The van der Waals surface area contributed by atoms with Crippen LogP contribution in [0, 0.1) is 0 Å². The van der Waals surface area contributed by atoms with Gasteiger partial charge in [0.05, 0.1) is 6.42 Å². The Labute approximate surface area is 91.4 Å². The number of carbonyl (C=O) groups excluding carboxylic acids is 1. The maximum Gasteiger partial charge on any atom is 0.305 e. The van der Waals surface area contributed by atoms with Crippen LogP contribution in [0.4, 0.5) is 0 Å². The molecular formula is C9H14BrNO3. The molecule has 1 heterocycles. The number of hydrogen-bond donors (Lipinski definition) is 1. The Bertz CT molecular complexity index is 265. The molecule has 0 spiro atoms. The first-order valence-corrected chi connectivity index (χ1v) is 5.41. The van der Waals surface area contributed by atoms with E-state index in [1.165, 1.54) is 0 Å². The molecule has 1 aliphatic rings. The number of amides is 1. The van der Waals surface area contributed by atoms with Gasteiger partial charge in [-0.1, -0.05) is 15.9 Å². The van der Waals surface area contributed by atoms with Crippen LogP contribution >= 0.6 is 15.9 Å². The number of hydrogen-bond acceptors (Lipinski definition) is 2. The molecule has 0 radical (unpaired) electrons. The second-order valence-electron chi connectivity index (χ2n) is 4.19. The van der Waals surface area contributed by atoms with Crippen molar-refractivity contribution >= 4 is 27.8 Å². The summed E-state index contributed by atoms with van der Waals surface area (Å²) in [6, 6.07) is 0. The van der Waals surface area contributed by atoms with Crippen molar-refractivity contribution in [1.82, 2.24) is 4.90 Å². The number of alkyl halides is 1. The quantitative estimate of drug-likeness (QED) is 0.780. The summed E-state index contributed by atoms with van der Waals surface area (Å²) in [7, 11) is 0. The highest BCUT2D eigenvalue weighted by atomic mass is 79.9. The maximum absolute atomic E-state index is 11.5. The summed E-state index contributed by atoms with van der Waals surface area (Å²) >= 11 is 3.37. The van der Waals surface area contributed by atoms with E-state index in [1.807, 2.05) is 0 Å². The summed E-state index contributed by atoms with van der Waals surface area (Å²) in [6.45, 7) is 4.16. The topological polar surface area (TPSA) is 57.6 Å². The van der Waals surface area contributed by atoms with Gasteiger partial charge in [0.1, 0.15) is 0 Å². The minimum atomic E-state index is -0.874. The van der Waals surface area contributed by atoms with Crippen LogP contribution in [0.1, 0.15) is 26.7 Å². The zero-order chi connectivity index (χ0) is 10.9. The Kier molecular flexibility index (Phi) is 3.19. The summed E-state index contributed by atoms with van der Waals surface area (Å²) in [5.41, 5.74) is -0.592. The molecule has 0 aromatic carbocycles. The normalized spacial score (nSPS) is 22.9. The molecule has 1 rings (SSSR count). The highest BCUT2D eigenvalue weighted by Crippen LogP contribution is 2.28. The lowest BCUT2D eigenvalue weighted by Crippen LogP contribution is -2.46. The third kappa shape index (κ3) is 2.47. The van der Waals surface area contributed by atoms with E-state index in [4.69, 9.17) is 5.11 Å². The second kappa shape index (κ2) is 3.88. The van der Waals surface area contributed by atoms with Crippen molar-refractivity contribution < 1.29 is 14.7 Å². The van der Waals surface area contributed by atoms with E-state index >= 15 is 0 Å². The van der Waals surface area contributed by atoms with Crippen molar-refractivity contribution in [2.75, 3.05) is 6.54 Å². The average Bonchev–Trinajstić information content (AvgIpc) is 2.27. The van der Waals surface area contributed by atoms with Gasteiger partial charge in [-0.15, -0.1) is 0 Å². The van der Waals surface area contributed by atoms with Crippen LogP contribution in [0.15, 0.2) is 0 Å². The molecule has 5 heteroatoms. The molecule has 1 N–H and O–H groups in total. The van der Waals surface area contributed by atoms with E-state index in [0.29, 0.717) is 13.0 Å². The van der Waals surface area contributed by atoms with E-state index in [2.05, 4.69) is 15.9 Å². The fraction of sp³-hybridized carbons (Fsp3) is 0.778.